The number of sulfonamides is 1. The zero-order valence-corrected chi connectivity index (χ0v) is 19.5. The van der Waals surface area contributed by atoms with Crippen LogP contribution < -0.4 is 0 Å². The first-order valence-electron chi connectivity index (χ1n) is 10.6. The van der Waals surface area contributed by atoms with Gasteiger partial charge in [-0.05, 0) is 44.9 Å². The van der Waals surface area contributed by atoms with Gasteiger partial charge in [0.2, 0.25) is 10.0 Å². The summed E-state index contributed by atoms with van der Waals surface area (Å²) in [5, 5.41) is 6.79. The molecule has 1 aromatic carbocycles. The van der Waals surface area contributed by atoms with Crippen molar-refractivity contribution in [1.29, 1.82) is 0 Å². The molecule has 3 rings (SSSR count). The van der Waals surface area contributed by atoms with Crippen molar-refractivity contribution in [2.24, 2.45) is 0 Å². The molecule has 2 aromatic rings. The van der Waals surface area contributed by atoms with Gasteiger partial charge >= 0.3 is 0 Å². The first-order chi connectivity index (χ1) is 14.7. The van der Waals surface area contributed by atoms with Crippen LogP contribution in [0.25, 0.3) is 0 Å². The molecule has 0 unspecified atom stereocenters. The summed E-state index contributed by atoms with van der Waals surface area (Å²) in [5.41, 5.74) is 0.820. The van der Waals surface area contributed by atoms with E-state index in [2.05, 4.69) is 20.1 Å². The minimum Gasteiger partial charge on any atom is -0.381 e. The Hall–Kier alpha value is -1.88. The second kappa shape index (κ2) is 9.72. The fourth-order valence-electron chi connectivity index (χ4n) is 4.22. The van der Waals surface area contributed by atoms with E-state index in [-0.39, 0.29) is 12.6 Å². The molecule has 0 bridgehead atoms. The highest BCUT2D eigenvalue weighted by atomic mass is 32.2. The first-order valence-corrected chi connectivity index (χ1v) is 12.4. The summed E-state index contributed by atoms with van der Waals surface area (Å²) >= 11 is 0. The van der Waals surface area contributed by atoms with E-state index in [4.69, 9.17) is 4.74 Å². The van der Waals surface area contributed by atoms with Gasteiger partial charge in [0.05, 0.1) is 18.3 Å². The van der Waals surface area contributed by atoms with Gasteiger partial charge in [0, 0.05) is 31.4 Å². The van der Waals surface area contributed by atoms with Gasteiger partial charge < -0.3 is 4.74 Å². The van der Waals surface area contributed by atoms with Gasteiger partial charge in [-0.25, -0.2) is 17.8 Å². The van der Waals surface area contributed by atoms with E-state index in [0.29, 0.717) is 31.7 Å². The zero-order chi connectivity index (χ0) is 22.6. The molecular weight excluding hydrogens is 421 g/mol. The maximum atomic E-state index is 15.2. The quantitative estimate of drug-likeness (QED) is 0.628. The summed E-state index contributed by atoms with van der Waals surface area (Å²) in [6.45, 7) is 5.48. The summed E-state index contributed by atoms with van der Waals surface area (Å²) in [4.78, 5) is 6.37. The first kappa shape index (κ1) is 23.8. The summed E-state index contributed by atoms with van der Waals surface area (Å²) in [5.74, 6) is 0.344. The molecule has 1 aliphatic heterocycles. The number of benzene rings is 1. The Morgan fingerprint density at radius 1 is 1.29 bits per heavy atom. The van der Waals surface area contributed by atoms with Gasteiger partial charge in [-0.15, -0.1) is 0 Å². The van der Waals surface area contributed by atoms with Crippen molar-refractivity contribution >= 4 is 10.0 Å². The molecule has 1 N–H and O–H groups in total. The Bertz CT molecular complexity index is 961. The van der Waals surface area contributed by atoms with E-state index in [9.17, 15) is 8.42 Å². The van der Waals surface area contributed by atoms with Crippen LogP contribution in [0.15, 0.2) is 24.5 Å². The molecule has 1 aliphatic rings. The lowest BCUT2D eigenvalue weighted by Gasteiger charge is -2.45. The number of aromatic amines is 1. The van der Waals surface area contributed by atoms with Crippen LogP contribution in [0, 0.1) is 5.82 Å². The number of aromatic nitrogens is 3. The number of halogens is 1. The summed E-state index contributed by atoms with van der Waals surface area (Å²) < 4.78 is 46.6. The normalized spacial score (nSPS) is 17.9. The minimum atomic E-state index is -3.45. The molecular formula is C21H32FN5O3S. The van der Waals surface area contributed by atoms with Gasteiger partial charge in [-0.1, -0.05) is 19.1 Å². The van der Waals surface area contributed by atoms with Crippen molar-refractivity contribution in [3.8, 4) is 0 Å². The number of ether oxygens (including phenoxy) is 1. The van der Waals surface area contributed by atoms with Crippen molar-refractivity contribution < 1.29 is 17.5 Å². The van der Waals surface area contributed by atoms with Crippen LogP contribution in [0.5, 0.6) is 0 Å². The van der Waals surface area contributed by atoms with E-state index < -0.39 is 21.4 Å². The third-order valence-electron chi connectivity index (χ3n) is 6.33. The average Bonchev–Trinajstić information content (AvgIpc) is 3.25. The Kier molecular flexibility index (Phi) is 7.46. The molecule has 0 amide bonds. The lowest BCUT2D eigenvalue weighted by molar-refractivity contribution is -0.0257. The van der Waals surface area contributed by atoms with Crippen molar-refractivity contribution in [3.05, 3.63) is 47.3 Å². The Balaban J connectivity index is 1.90. The number of H-pyrrole nitrogens is 1. The third-order valence-corrected chi connectivity index (χ3v) is 7.67. The maximum absolute atomic E-state index is 15.2. The monoisotopic (exact) mass is 453 g/mol. The summed E-state index contributed by atoms with van der Waals surface area (Å²) in [6, 6.07) is 4.97. The van der Waals surface area contributed by atoms with Gasteiger partial charge in [0.25, 0.3) is 0 Å². The molecule has 0 radical (unpaired) electrons. The predicted octanol–water partition coefficient (Wildman–Crippen LogP) is 2.64. The van der Waals surface area contributed by atoms with Gasteiger partial charge in [0.1, 0.15) is 18.0 Å². The van der Waals surface area contributed by atoms with Gasteiger partial charge in [0.15, 0.2) is 0 Å². The minimum absolute atomic E-state index is 0.0178. The van der Waals surface area contributed by atoms with E-state index in [1.165, 1.54) is 16.9 Å². The SMILES string of the molecule is CC[C@H](C)N(Cc1ccc(C2(N(C)Cc3ncn[nH]3)CCOCC2)cc1F)S(C)(=O)=O. The molecule has 31 heavy (non-hydrogen) atoms. The lowest BCUT2D eigenvalue weighted by atomic mass is 9.80. The Morgan fingerprint density at radius 2 is 2.00 bits per heavy atom. The van der Waals surface area contributed by atoms with Crippen molar-refractivity contribution in [3.63, 3.8) is 0 Å². The fourth-order valence-corrected chi connectivity index (χ4v) is 5.40. The Labute approximate surface area is 183 Å². The molecule has 172 valence electrons. The fraction of sp³-hybridized carbons (Fsp3) is 0.619. The highest BCUT2D eigenvalue weighted by Gasteiger charge is 2.39. The molecule has 1 atom stereocenters. The summed E-state index contributed by atoms with van der Waals surface area (Å²) in [6.07, 6.45) is 4.74. The number of hydrogen-bond acceptors (Lipinski definition) is 6. The van der Waals surface area contributed by atoms with Crippen LogP contribution in [-0.4, -0.2) is 65.4 Å². The van der Waals surface area contributed by atoms with Crippen LogP contribution in [-0.2, 0) is 33.4 Å². The average molecular weight is 454 g/mol. The molecule has 1 aromatic heterocycles. The second-order valence-corrected chi connectivity index (χ2v) is 10.2. The van der Waals surface area contributed by atoms with Crippen LogP contribution >= 0.6 is 0 Å². The lowest BCUT2D eigenvalue weighted by Crippen LogP contribution is -2.47. The van der Waals surface area contributed by atoms with Crippen molar-refractivity contribution in [1.82, 2.24) is 24.4 Å². The van der Waals surface area contributed by atoms with Crippen LogP contribution in [0.1, 0.15) is 50.1 Å². The van der Waals surface area contributed by atoms with Gasteiger partial charge in [-0.3, -0.25) is 10.00 Å². The molecule has 1 fully saturated rings. The smallest absolute Gasteiger partial charge is 0.211 e. The van der Waals surface area contributed by atoms with E-state index in [0.717, 1.165) is 24.2 Å². The highest BCUT2D eigenvalue weighted by molar-refractivity contribution is 7.88. The molecule has 1 saturated heterocycles. The molecule has 0 spiro atoms. The number of nitrogens with zero attached hydrogens (tertiary/aromatic N) is 4. The van der Waals surface area contributed by atoms with E-state index in [1.807, 2.05) is 27.0 Å². The largest absolute Gasteiger partial charge is 0.381 e. The number of nitrogens with one attached hydrogen (secondary N) is 1. The highest BCUT2D eigenvalue weighted by Crippen LogP contribution is 2.39. The van der Waals surface area contributed by atoms with E-state index >= 15 is 4.39 Å². The van der Waals surface area contributed by atoms with Crippen LogP contribution in [0.2, 0.25) is 0 Å². The van der Waals surface area contributed by atoms with Crippen molar-refractivity contribution in [2.45, 2.75) is 57.8 Å². The number of hydrogen-bond donors (Lipinski definition) is 1. The number of rotatable bonds is 9. The molecule has 10 heteroatoms. The van der Waals surface area contributed by atoms with Crippen LogP contribution in [0.3, 0.4) is 0 Å². The summed E-state index contributed by atoms with van der Waals surface area (Å²) in [7, 11) is -1.46. The second-order valence-electron chi connectivity index (χ2n) is 8.30. The van der Waals surface area contributed by atoms with Crippen LogP contribution in [0.4, 0.5) is 4.39 Å². The topological polar surface area (TPSA) is 91.4 Å². The zero-order valence-electron chi connectivity index (χ0n) is 18.6. The third kappa shape index (κ3) is 5.31. The van der Waals surface area contributed by atoms with Crippen molar-refractivity contribution in [2.75, 3.05) is 26.5 Å². The molecule has 2 heterocycles. The predicted molar refractivity (Wildman–Crippen MR) is 116 cm³/mol. The molecule has 0 aliphatic carbocycles. The molecule has 8 nitrogen and oxygen atoms in total. The molecule has 0 saturated carbocycles. The van der Waals surface area contributed by atoms with E-state index in [1.54, 1.807) is 12.1 Å². The standard InChI is InChI=1S/C21H32FN5O3S/c1-5-16(2)27(31(4,28)29)13-17-6-7-18(12-19(17)22)21(8-10-30-11-9-21)26(3)14-20-23-15-24-25-20/h6-7,12,15-16H,5,8-11,13-14H2,1-4H3,(H,23,24,25)/t16-/m0/s1. The maximum Gasteiger partial charge on any atom is 0.211 e. The van der Waals surface area contributed by atoms with Gasteiger partial charge in [-0.2, -0.15) is 9.40 Å². The Morgan fingerprint density at radius 3 is 2.55 bits per heavy atom.